The van der Waals surface area contributed by atoms with Gasteiger partial charge in [0.05, 0.1) is 0 Å². The molecule has 0 aliphatic heterocycles. The summed E-state index contributed by atoms with van der Waals surface area (Å²) in [5.74, 6) is 0. The van der Waals surface area contributed by atoms with Crippen molar-refractivity contribution in [1.29, 1.82) is 10.5 Å². The third-order valence-corrected chi connectivity index (χ3v) is 3.54. The summed E-state index contributed by atoms with van der Waals surface area (Å²) in [4.78, 5) is 2.10. The van der Waals surface area contributed by atoms with E-state index in [1.165, 1.54) is 0 Å². The maximum absolute atomic E-state index is 9.09. The Labute approximate surface area is 122 Å². The molecule has 98 valence electrons. The molecule has 0 fully saturated rings. The Balaban J connectivity index is 3.57. The Hall–Kier alpha value is -1.78. The number of nitriles is 2. The van der Waals surface area contributed by atoms with Crippen molar-refractivity contribution < 1.29 is 0 Å². The third-order valence-electron chi connectivity index (χ3n) is 3.05. The Morgan fingerprint density at radius 1 is 1.26 bits per heavy atom. The first-order valence-corrected chi connectivity index (χ1v) is 6.92. The Bertz CT molecular complexity index is 560. The summed E-state index contributed by atoms with van der Waals surface area (Å²) in [6.45, 7) is 4.89. The van der Waals surface area contributed by atoms with Gasteiger partial charge in [-0.05, 0) is 37.1 Å². The van der Waals surface area contributed by atoms with E-state index in [0.717, 1.165) is 27.8 Å². The van der Waals surface area contributed by atoms with Crippen LogP contribution in [-0.2, 0) is 0 Å². The molecule has 0 aliphatic carbocycles. The van der Waals surface area contributed by atoms with E-state index >= 15 is 0 Å². The molecule has 3 nitrogen and oxygen atoms in total. The molecule has 0 bridgehead atoms. The van der Waals surface area contributed by atoms with Crippen molar-refractivity contribution in [1.82, 2.24) is 0 Å². The van der Waals surface area contributed by atoms with Gasteiger partial charge in [-0.15, -0.1) is 0 Å². The number of hydrogen-bond acceptors (Lipinski definition) is 3. The largest absolute Gasteiger partial charge is 0.374 e. The predicted molar refractivity (Wildman–Crippen MR) is 81.5 cm³/mol. The SMILES string of the molecule is CCC(=C(C#N)C#N)c1cc(Br)ccc1N(C)CC. The van der Waals surface area contributed by atoms with Crippen molar-refractivity contribution in [3.63, 3.8) is 0 Å². The van der Waals surface area contributed by atoms with Gasteiger partial charge < -0.3 is 4.90 Å². The third kappa shape index (κ3) is 3.36. The zero-order chi connectivity index (χ0) is 14.4. The fourth-order valence-corrected chi connectivity index (χ4v) is 2.28. The lowest BCUT2D eigenvalue weighted by Crippen LogP contribution is -2.17. The number of halogens is 1. The summed E-state index contributed by atoms with van der Waals surface area (Å²) >= 11 is 3.45. The number of hydrogen-bond donors (Lipinski definition) is 0. The summed E-state index contributed by atoms with van der Waals surface area (Å²) in [6, 6.07) is 9.92. The van der Waals surface area contributed by atoms with Crippen LogP contribution in [0.5, 0.6) is 0 Å². The van der Waals surface area contributed by atoms with Crippen molar-refractivity contribution >= 4 is 27.2 Å². The van der Waals surface area contributed by atoms with Gasteiger partial charge in [-0.1, -0.05) is 22.9 Å². The molecule has 0 unspecified atom stereocenters. The number of allylic oxidation sites excluding steroid dienone is 2. The highest BCUT2D eigenvalue weighted by molar-refractivity contribution is 9.10. The van der Waals surface area contributed by atoms with Crippen LogP contribution in [0.4, 0.5) is 5.69 Å². The summed E-state index contributed by atoms with van der Waals surface area (Å²) in [7, 11) is 2.00. The first-order chi connectivity index (χ1) is 9.08. The molecule has 0 saturated carbocycles. The normalized spacial score (nSPS) is 9.37. The number of anilines is 1. The molecule has 0 amide bonds. The first kappa shape index (κ1) is 15.3. The smallest absolute Gasteiger partial charge is 0.133 e. The molecule has 1 aromatic rings. The lowest BCUT2D eigenvalue weighted by atomic mass is 9.96. The summed E-state index contributed by atoms with van der Waals surface area (Å²) in [6.07, 6.45) is 0.650. The molecule has 0 aliphatic rings. The van der Waals surface area contributed by atoms with Gasteiger partial charge in [-0.3, -0.25) is 0 Å². The van der Waals surface area contributed by atoms with E-state index in [-0.39, 0.29) is 5.57 Å². The predicted octanol–water partition coefficient (Wildman–Crippen LogP) is 4.12. The van der Waals surface area contributed by atoms with Crippen LogP contribution < -0.4 is 4.90 Å². The van der Waals surface area contributed by atoms with Crippen LogP contribution in [0.2, 0.25) is 0 Å². The van der Waals surface area contributed by atoms with E-state index in [1.807, 2.05) is 44.3 Å². The molecule has 1 rings (SSSR count). The highest BCUT2D eigenvalue weighted by Crippen LogP contribution is 2.33. The fourth-order valence-electron chi connectivity index (χ4n) is 1.92. The molecule has 0 aromatic heterocycles. The second-order valence-electron chi connectivity index (χ2n) is 4.11. The van der Waals surface area contributed by atoms with E-state index in [1.54, 1.807) is 0 Å². The molecular weight excluding hydrogens is 302 g/mol. The van der Waals surface area contributed by atoms with Gasteiger partial charge in [0.2, 0.25) is 0 Å². The molecule has 0 atom stereocenters. The average Bonchev–Trinajstić information content (AvgIpc) is 2.43. The Kier molecular flexibility index (Phi) is 5.60. The van der Waals surface area contributed by atoms with Gasteiger partial charge in [-0.2, -0.15) is 10.5 Å². The van der Waals surface area contributed by atoms with Gasteiger partial charge in [0.15, 0.2) is 0 Å². The molecule has 4 heteroatoms. The van der Waals surface area contributed by atoms with Crippen molar-refractivity contribution in [3.05, 3.63) is 33.8 Å². The fraction of sp³-hybridized carbons (Fsp3) is 0.333. The topological polar surface area (TPSA) is 50.8 Å². The Morgan fingerprint density at radius 3 is 2.37 bits per heavy atom. The van der Waals surface area contributed by atoms with Crippen LogP contribution in [0.3, 0.4) is 0 Å². The minimum absolute atomic E-state index is 0.186. The van der Waals surface area contributed by atoms with Gasteiger partial charge in [0.1, 0.15) is 17.7 Å². The standard InChI is InChI=1S/C15H16BrN3/c1-4-13(11(9-17)10-18)14-8-12(16)6-7-15(14)19(3)5-2/h6-8H,4-5H2,1-3H3. The van der Waals surface area contributed by atoms with E-state index in [2.05, 4.69) is 27.8 Å². The highest BCUT2D eigenvalue weighted by atomic mass is 79.9. The molecule has 0 saturated heterocycles. The van der Waals surface area contributed by atoms with Crippen LogP contribution in [-0.4, -0.2) is 13.6 Å². The van der Waals surface area contributed by atoms with Gasteiger partial charge in [0.25, 0.3) is 0 Å². The van der Waals surface area contributed by atoms with Crippen molar-refractivity contribution in [2.45, 2.75) is 20.3 Å². The van der Waals surface area contributed by atoms with E-state index in [0.29, 0.717) is 6.42 Å². The first-order valence-electron chi connectivity index (χ1n) is 6.13. The van der Waals surface area contributed by atoms with E-state index < -0.39 is 0 Å². The Morgan fingerprint density at radius 2 is 1.89 bits per heavy atom. The van der Waals surface area contributed by atoms with Crippen LogP contribution in [0.1, 0.15) is 25.8 Å². The van der Waals surface area contributed by atoms with Gasteiger partial charge in [0, 0.05) is 29.3 Å². The van der Waals surface area contributed by atoms with Crippen LogP contribution in [0.25, 0.3) is 5.57 Å². The molecule has 19 heavy (non-hydrogen) atoms. The molecule has 0 heterocycles. The average molecular weight is 318 g/mol. The number of benzene rings is 1. The monoisotopic (exact) mass is 317 g/mol. The minimum Gasteiger partial charge on any atom is -0.374 e. The van der Waals surface area contributed by atoms with Gasteiger partial charge >= 0.3 is 0 Å². The van der Waals surface area contributed by atoms with Crippen LogP contribution >= 0.6 is 15.9 Å². The highest BCUT2D eigenvalue weighted by Gasteiger charge is 2.14. The maximum atomic E-state index is 9.09. The summed E-state index contributed by atoms with van der Waals surface area (Å²) < 4.78 is 0.942. The number of rotatable bonds is 4. The van der Waals surface area contributed by atoms with Crippen molar-refractivity contribution in [2.75, 3.05) is 18.5 Å². The molecule has 1 aromatic carbocycles. The van der Waals surface area contributed by atoms with Gasteiger partial charge in [-0.25, -0.2) is 0 Å². The minimum atomic E-state index is 0.186. The summed E-state index contributed by atoms with van der Waals surface area (Å²) in [5, 5.41) is 18.2. The van der Waals surface area contributed by atoms with Crippen molar-refractivity contribution in [2.24, 2.45) is 0 Å². The van der Waals surface area contributed by atoms with Crippen molar-refractivity contribution in [3.8, 4) is 12.1 Å². The molecule has 0 spiro atoms. The zero-order valence-electron chi connectivity index (χ0n) is 11.4. The lowest BCUT2D eigenvalue weighted by Gasteiger charge is -2.22. The maximum Gasteiger partial charge on any atom is 0.133 e. The second-order valence-corrected chi connectivity index (χ2v) is 5.02. The zero-order valence-corrected chi connectivity index (χ0v) is 13.0. The van der Waals surface area contributed by atoms with E-state index in [4.69, 9.17) is 10.5 Å². The molecular formula is C15H16BrN3. The molecule has 0 N–H and O–H groups in total. The van der Waals surface area contributed by atoms with E-state index in [9.17, 15) is 0 Å². The quantitative estimate of drug-likeness (QED) is 0.785. The van der Waals surface area contributed by atoms with Crippen LogP contribution in [0.15, 0.2) is 28.2 Å². The lowest BCUT2D eigenvalue weighted by molar-refractivity contribution is 0.963. The molecule has 0 radical (unpaired) electrons. The van der Waals surface area contributed by atoms with Crippen LogP contribution in [0, 0.1) is 22.7 Å². The second kappa shape index (κ2) is 6.97. The number of nitrogens with zero attached hydrogens (tertiary/aromatic N) is 3. The summed E-state index contributed by atoms with van der Waals surface area (Å²) in [5.41, 5.74) is 2.96.